The molecule has 0 aliphatic heterocycles. The molecule has 0 saturated carbocycles. The maximum atomic E-state index is 13.3. The summed E-state index contributed by atoms with van der Waals surface area (Å²) in [5, 5.41) is 4.11. The lowest BCUT2D eigenvalue weighted by molar-refractivity contribution is -0.121. The summed E-state index contributed by atoms with van der Waals surface area (Å²) in [6, 6.07) is 29.2. The number of nitrogens with one attached hydrogen (secondary N) is 1. The highest BCUT2D eigenvalue weighted by atomic mass is 32.2. The van der Waals surface area contributed by atoms with Gasteiger partial charge in [-0.3, -0.25) is 4.79 Å². The molecule has 36 heavy (non-hydrogen) atoms. The van der Waals surface area contributed by atoms with E-state index in [2.05, 4.69) is 15.1 Å². The lowest BCUT2D eigenvalue weighted by Gasteiger charge is -2.21. The minimum Gasteiger partial charge on any atom is -0.318 e. The molecule has 0 aliphatic rings. The highest BCUT2D eigenvalue weighted by Crippen LogP contribution is 2.20. The van der Waals surface area contributed by atoms with Gasteiger partial charge in [0.05, 0.1) is 17.7 Å². The molecule has 0 spiro atoms. The number of aromatic nitrogens is 1. The third-order valence-electron chi connectivity index (χ3n) is 5.78. The smallest absolute Gasteiger partial charge is 0.255 e. The monoisotopic (exact) mass is 500 g/mol. The normalized spacial score (nSPS) is 11.8. The highest BCUT2D eigenvalue weighted by molar-refractivity contribution is 7.89. The van der Waals surface area contributed by atoms with Gasteiger partial charge in [0.1, 0.15) is 0 Å². The fourth-order valence-corrected chi connectivity index (χ4v) is 5.42. The van der Waals surface area contributed by atoms with Crippen LogP contribution in [0.1, 0.15) is 22.5 Å². The fourth-order valence-electron chi connectivity index (χ4n) is 4.02. The van der Waals surface area contributed by atoms with Crippen molar-refractivity contribution in [3.63, 3.8) is 0 Å². The van der Waals surface area contributed by atoms with Crippen LogP contribution in [0.5, 0.6) is 0 Å². The molecule has 0 atom stereocenters. The molecule has 0 unspecified atom stereocenters. The second-order valence-corrected chi connectivity index (χ2v) is 10.3. The average molecular weight is 501 g/mol. The molecule has 7 nitrogen and oxygen atoms in total. The van der Waals surface area contributed by atoms with Gasteiger partial charge in [0, 0.05) is 29.2 Å². The van der Waals surface area contributed by atoms with Crippen LogP contribution in [0, 0.1) is 13.8 Å². The molecule has 1 aromatic heterocycles. The summed E-state index contributed by atoms with van der Waals surface area (Å²) in [7, 11) is -3.89. The Balaban J connectivity index is 1.50. The summed E-state index contributed by atoms with van der Waals surface area (Å²) in [4.78, 5) is 12.9. The van der Waals surface area contributed by atoms with Gasteiger partial charge >= 0.3 is 0 Å². The first-order valence-electron chi connectivity index (χ1n) is 11.5. The molecule has 0 fully saturated rings. The molecular formula is C28H28N4O3S. The minimum absolute atomic E-state index is 0.0629. The van der Waals surface area contributed by atoms with Gasteiger partial charge in [0.2, 0.25) is 10.0 Å². The van der Waals surface area contributed by atoms with Crippen LogP contribution in [0.3, 0.4) is 0 Å². The van der Waals surface area contributed by atoms with Crippen molar-refractivity contribution in [1.82, 2.24) is 14.3 Å². The van der Waals surface area contributed by atoms with Gasteiger partial charge in [-0.25, -0.2) is 13.8 Å². The van der Waals surface area contributed by atoms with E-state index < -0.39 is 15.9 Å². The second kappa shape index (κ2) is 11.2. The van der Waals surface area contributed by atoms with Crippen LogP contribution in [0.25, 0.3) is 5.69 Å². The Morgan fingerprint density at radius 1 is 0.917 bits per heavy atom. The van der Waals surface area contributed by atoms with Crippen LogP contribution in [-0.4, -0.2) is 36.0 Å². The van der Waals surface area contributed by atoms with Crippen molar-refractivity contribution in [2.45, 2.75) is 25.3 Å². The number of benzene rings is 3. The molecule has 4 aromatic rings. The highest BCUT2D eigenvalue weighted by Gasteiger charge is 2.26. The van der Waals surface area contributed by atoms with E-state index in [0.717, 1.165) is 32.5 Å². The second-order valence-electron chi connectivity index (χ2n) is 8.36. The first-order valence-corrected chi connectivity index (χ1v) is 13.0. The Morgan fingerprint density at radius 3 is 2.14 bits per heavy atom. The van der Waals surface area contributed by atoms with Crippen LogP contribution in [0.4, 0.5) is 0 Å². The quantitative estimate of drug-likeness (QED) is 0.273. The van der Waals surface area contributed by atoms with Crippen LogP contribution in [-0.2, 0) is 21.4 Å². The van der Waals surface area contributed by atoms with Gasteiger partial charge < -0.3 is 4.57 Å². The number of para-hydroxylation sites is 1. The molecule has 4 rings (SSSR count). The average Bonchev–Trinajstić information content (AvgIpc) is 3.18. The number of hydrogen-bond acceptors (Lipinski definition) is 4. The molecule has 3 aromatic carbocycles. The van der Waals surface area contributed by atoms with E-state index >= 15 is 0 Å². The van der Waals surface area contributed by atoms with Crippen molar-refractivity contribution in [2.24, 2.45) is 5.10 Å². The van der Waals surface area contributed by atoms with Crippen molar-refractivity contribution < 1.29 is 13.2 Å². The van der Waals surface area contributed by atoms with Crippen molar-refractivity contribution in [2.75, 3.05) is 6.54 Å². The zero-order chi connectivity index (χ0) is 25.5. The maximum Gasteiger partial charge on any atom is 0.255 e. The summed E-state index contributed by atoms with van der Waals surface area (Å²) in [6.07, 6.45) is 1.58. The van der Waals surface area contributed by atoms with Crippen molar-refractivity contribution in [3.8, 4) is 5.69 Å². The van der Waals surface area contributed by atoms with Gasteiger partial charge in [-0.15, -0.1) is 0 Å². The minimum atomic E-state index is -3.89. The Morgan fingerprint density at radius 2 is 1.50 bits per heavy atom. The van der Waals surface area contributed by atoms with Crippen molar-refractivity contribution >= 4 is 22.1 Å². The summed E-state index contributed by atoms with van der Waals surface area (Å²) in [6.45, 7) is 3.68. The standard InChI is InChI=1S/C28H28N4O3S/c1-22-18-25(23(2)32(22)26-14-8-4-9-15-26)19-29-30-28(33)21-31(20-24-12-6-3-7-13-24)36(34,35)27-16-10-5-11-17-27/h3-19H,20-21H2,1-2H3,(H,30,33)/b29-19+. The molecule has 0 saturated heterocycles. The van der Waals surface area contributed by atoms with Gasteiger partial charge in [-0.05, 0) is 49.7 Å². The van der Waals surface area contributed by atoms with E-state index in [9.17, 15) is 13.2 Å². The SMILES string of the molecule is Cc1cc(/C=N/NC(=O)CN(Cc2ccccc2)S(=O)(=O)c2ccccc2)c(C)n1-c1ccccc1. The molecule has 184 valence electrons. The van der Waals surface area contributed by atoms with E-state index in [-0.39, 0.29) is 18.0 Å². The number of aryl methyl sites for hydroxylation is 1. The number of nitrogens with zero attached hydrogens (tertiary/aromatic N) is 3. The fraction of sp³-hybridized carbons (Fsp3) is 0.143. The molecule has 0 radical (unpaired) electrons. The van der Waals surface area contributed by atoms with E-state index in [1.54, 1.807) is 24.4 Å². The van der Waals surface area contributed by atoms with E-state index in [0.29, 0.717) is 0 Å². The third-order valence-corrected chi connectivity index (χ3v) is 7.59. The number of amides is 1. The Hall–Kier alpha value is -4.01. The van der Waals surface area contributed by atoms with Gasteiger partial charge in [0.15, 0.2) is 0 Å². The van der Waals surface area contributed by atoms with E-state index in [1.807, 2.05) is 80.6 Å². The molecule has 1 N–H and O–H groups in total. The van der Waals surface area contributed by atoms with Crippen molar-refractivity contribution in [1.29, 1.82) is 0 Å². The largest absolute Gasteiger partial charge is 0.318 e. The summed E-state index contributed by atoms with van der Waals surface area (Å²) >= 11 is 0. The van der Waals surface area contributed by atoms with E-state index in [1.165, 1.54) is 12.1 Å². The zero-order valence-corrected chi connectivity index (χ0v) is 21.0. The maximum absolute atomic E-state index is 13.3. The summed E-state index contributed by atoms with van der Waals surface area (Å²) in [5.74, 6) is -0.529. The first-order chi connectivity index (χ1) is 17.4. The van der Waals surface area contributed by atoms with Crippen LogP contribution >= 0.6 is 0 Å². The molecule has 1 heterocycles. The summed E-state index contributed by atoms with van der Waals surface area (Å²) < 4.78 is 29.8. The third kappa shape index (κ3) is 5.79. The number of hydrazone groups is 1. The van der Waals surface area contributed by atoms with Gasteiger partial charge in [-0.2, -0.15) is 9.41 Å². The molecule has 0 aliphatic carbocycles. The lowest BCUT2D eigenvalue weighted by atomic mass is 10.2. The van der Waals surface area contributed by atoms with Crippen molar-refractivity contribution in [3.05, 3.63) is 120 Å². The topological polar surface area (TPSA) is 83.8 Å². The van der Waals surface area contributed by atoms with Gasteiger partial charge in [0.25, 0.3) is 5.91 Å². The predicted octanol–water partition coefficient (Wildman–Crippen LogP) is 4.44. The van der Waals surface area contributed by atoms with Crippen LogP contribution < -0.4 is 5.43 Å². The van der Waals surface area contributed by atoms with Crippen LogP contribution in [0.2, 0.25) is 0 Å². The molecule has 0 bridgehead atoms. The number of rotatable bonds is 9. The Kier molecular flexibility index (Phi) is 7.77. The Bertz CT molecular complexity index is 1450. The summed E-state index contributed by atoms with van der Waals surface area (Å²) in [5.41, 5.74) is 7.18. The van der Waals surface area contributed by atoms with E-state index in [4.69, 9.17) is 0 Å². The van der Waals surface area contributed by atoms with Gasteiger partial charge in [-0.1, -0.05) is 66.7 Å². The molecule has 8 heteroatoms. The lowest BCUT2D eigenvalue weighted by Crippen LogP contribution is -2.39. The molecular weight excluding hydrogens is 472 g/mol. The number of carbonyl (C=O) groups excluding carboxylic acids is 1. The zero-order valence-electron chi connectivity index (χ0n) is 20.2. The van der Waals surface area contributed by atoms with Crippen LogP contribution in [0.15, 0.2) is 107 Å². The number of hydrogen-bond donors (Lipinski definition) is 1. The number of sulfonamides is 1. The first kappa shape index (κ1) is 25.1. The predicted molar refractivity (Wildman–Crippen MR) is 141 cm³/mol. The number of carbonyl (C=O) groups is 1. The molecule has 1 amide bonds. The Labute approximate surface area is 211 Å².